The standard InChI is InChI=1S/C23H27N5O4S/c1-31-14-17-4-3-9-28(17)21(29)7-8-25-22(30)27-23-26-19-6-5-15(11-20(19)33-23)16-10-18(32-2)13-24-12-16/h5-6,10-13,17H,3-4,7-9,14H2,1-2H3,(H2,25,26,27,30). The molecule has 10 heteroatoms. The predicted molar refractivity (Wildman–Crippen MR) is 128 cm³/mol. The largest absolute Gasteiger partial charge is 0.495 e. The highest BCUT2D eigenvalue weighted by molar-refractivity contribution is 7.22. The first-order valence-electron chi connectivity index (χ1n) is 10.8. The molecule has 1 aliphatic heterocycles. The van der Waals surface area contributed by atoms with Crippen LogP contribution in [0.15, 0.2) is 36.7 Å². The van der Waals surface area contributed by atoms with Crippen molar-refractivity contribution >= 4 is 38.6 Å². The second-order valence-corrected chi connectivity index (χ2v) is 8.82. The Bertz CT molecular complexity index is 1130. The van der Waals surface area contributed by atoms with E-state index in [1.807, 2.05) is 29.2 Å². The second kappa shape index (κ2) is 10.6. The molecule has 1 unspecified atom stereocenters. The van der Waals surface area contributed by atoms with Gasteiger partial charge in [-0.1, -0.05) is 17.4 Å². The Morgan fingerprint density at radius 2 is 2.09 bits per heavy atom. The van der Waals surface area contributed by atoms with Crippen LogP contribution in [0.5, 0.6) is 5.75 Å². The molecule has 0 radical (unpaired) electrons. The number of carbonyl (C=O) groups excluding carboxylic acids is 2. The van der Waals surface area contributed by atoms with Crippen molar-refractivity contribution in [2.75, 3.05) is 39.2 Å². The van der Waals surface area contributed by atoms with Gasteiger partial charge in [0, 0.05) is 38.4 Å². The lowest BCUT2D eigenvalue weighted by atomic mass is 10.1. The number of benzene rings is 1. The molecule has 0 aliphatic carbocycles. The van der Waals surface area contributed by atoms with Crippen molar-refractivity contribution in [3.63, 3.8) is 0 Å². The fourth-order valence-corrected chi connectivity index (χ4v) is 4.84. The molecule has 4 rings (SSSR count). The number of aromatic nitrogens is 2. The van der Waals surface area contributed by atoms with Gasteiger partial charge in [-0.15, -0.1) is 0 Å². The average molecular weight is 470 g/mol. The number of fused-ring (bicyclic) bond motifs is 1. The summed E-state index contributed by atoms with van der Waals surface area (Å²) in [5, 5.41) is 6.00. The van der Waals surface area contributed by atoms with Gasteiger partial charge >= 0.3 is 6.03 Å². The van der Waals surface area contributed by atoms with Crippen LogP contribution in [-0.2, 0) is 9.53 Å². The Labute approximate surface area is 196 Å². The number of rotatable bonds is 8. The van der Waals surface area contributed by atoms with Crippen molar-refractivity contribution in [3.05, 3.63) is 36.7 Å². The Hall–Kier alpha value is -3.24. The lowest BCUT2D eigenvalue weighted by Crippen LogP contribution is -2.40. The molecule has 1 saturated heterocycles. The molecule has 1 aromatic carbocycles. The average Bonchev–Trinajstić information content (AvgIpc) is 3.45. The van der Waals surface area contributed by atoms with Gasteiger partial charge in [-0.25, -0.2) is 9.78 Å². The van der Waals surface area contributed by atoms with Crippen LogP contribution in [0.4, 0.5) is 9.93 Å². The smallest absolute Gasteiger partial charge is 0.321 e. The molecular weight excluding hydrogens is 442 g/mol. The number of amides is 3. The topological polar surface area (TPSA) is 106 Å². The molecule has 3 aromatic rings. The maximum Gasteiger partial charge on any atom is 0.321 e. The van der Waals surface area contributed by atoms with Gasteiger partial charge in [0.05, 0.1) is 36.2 Å². The summed E-state index contributed by atoms with van der Waals surface area (Å²) in [6.07, 6.45) is 5.64. The molecule has 33 heavy (non-hydrogen) atoms. The molecule has 1 fully saturated rings. The van der Waals surface area contributed by atoms with Crippen molar-refractivity contribution < 1.29 is 19.1 Å². The van der Waals surface area contributed by atoms with E-state index in [4.69, 9.17) is 9.47 Å². The van der Waals surface area contributed by atoms with E-state index in [2.05, 4.69) is 20.6 Å². The van der Waals surface area contributed by atoms with Crippen molar-refractivity contribution in [2.45, 2.75) is 25.3 Å². The molecule has 3 heterocycles. The van der Waals surface area contributed by atoms with Crippen LogP contribution in [0.25, 0.3) is 21.3 Å². The molecule has 0 saturated carbocycles. The van der Waals surface area contributed by atoms with Crippen LogP contribution in [-0.4, -0.2) is 66.8 Å². The lowest BCUT2D eigenvalue weighted by Gasteiger charge is -2.24. The van der Waals surface area contributed by atoms with Gasteiger partial charge in [0.2, 0.25) is 5.91 Å². The Kier molecular flexibility index (Phi) is 7.36. The van der Waals surface area contributed by atoms with Crippen LogP contribution < -0.4 is 15.4 Å². The van der Waals surface area contributed by atoms with Gasteiger partial charge in [0.15, 0.2) is 5.13 Å². The van der Waals surface area contributed by atoms with Gasteiger partial charge in [0.1, 0.15) is 5.75 Å². The first-order chi connectivity index (χ1) is 16.1. The zero-order chi connectivity index (χ0) is 23.2. The number of hydrogen-bond donors (Lipinski definition) is 2. The first-order valence-corrected chi connectivity index (χ1v) is 11.6. The summed E-state index contributed by atoms with van der Waals surface area (Å²) in [6.45, 7) is 1.56. The third-order valence-electron chi connectivity index (χ3n) is 5.57. The molecule has 3 amide bonds. The van der Waals surface area contributed by atoms with Crippen LogP contribution >= 0.6 is 11.3 Å². The molecule has 0 bridgehead atoms. The number of thiazole rings is 1. The number of methoxy groups -OCH3 is 2. The number of carbonyl (C=O) groups is 2. The Morgan fingerprint density at radius 1 is 1.21 bits per heavy atom. The van der Waals surface area contributed by atoms with E-state index in [0.717, 1.165) is 40.7 Å². The lowest BCUT2D eigenvalue weighted by molar-refractivity contribution is -0.132. The van der Waals surface area contributed by atoms with E-state index >= 15 is 0 Å². The monoisotopic (exact) mass is 469 g/mol. The number of nitrogens with one attached hydrogen (secondary N) is 2. The quantitative estimate of drug-likeness (QED) is 0.523. The number of anilines is 1. The highest BCUT2D eigenvalue weighted by Crippen LogP contribution is 2.31. The zero-order valence-corrected chi connectivity index (χ0v) is 19.5. The van der Waals surface area contributed by atoms with E-state index in [0.29, 0.717) is 17.5 Å². The highest BCUT2D eigenvalue weighted by atomic mass is 32.1. The molecule has 174 valence electrons. The number of hydrogen-bond acceptors (Lipinski definition) is 7. The molecule has 2 aromatic heterocycles. The Morgan fingerprint density at radius 3 is 2.91 bits per heavy atom. The molecule has 1 aliphatic rings. The fraction of sp³-hybridized carbons (Fsp3) is 0.391. The van der Waals surface area contributed by atoms with Crippen LogP contribution in [0, 0.1) is 0 Å². The van der Waals surface area contributed by atoms with Gasteiger partial charge in [0.25, 0.3) is 0 Å². The van der Waals surface area contributed by atoms with Crippen molar-refractivity contribution in [2.24, 2.45) is 0 Å². The van der Waals surface area contributed by atoms with Crippen LogP contribution in [0.1, 0.15) is 19.3 Å². The summed E-state index contributed by atoms with van der Waals surface area (Å²) >= 11 is 1.39. The minimum absolute atomic E-state index is 0.0365. The van der Waals surface area contributed by atoms with Crippen molar-refractivity contribution in [1.29, 1.82) is 0 Å². The van der Waals surface area contributed by atoms with Crippen molar-refractivity contribution in [1.82, 2.24) is 20.2 Å². The van der Waals surface area contributed by atoms with E-state index in [-0.39, 0.29) is 30.9 Å². The summed E-state index contributed by atoms with van der Waals surface area (Å²) in [6, 6.07) is 7.56. The normalized spacial score (nSPS) is 15.6. The zero-order valence-electron chi connectivity index (χ0n) is 18.7. The van der Waals surface area contributed by atoms with E-state index in [1.165, 1.54) is 11.3 Å². The minimum Gasteiger partial charge on any atom is -0.495 e. The molecule has 1 atom stereocenters. The maximum atomic E-state index is 12.5. The second-order valence-electron chi connectivity index (χ2n) is 7.78. The summed E-state index contributed by atoms with van der Waals surface area (Å²) in [4.78, 5) is 35.3. The van der Waals surface area contributed by atoms with E-state index in [1.54, 1.807) is 26.6 Å². The van der Waals surface area contributed by atoms with E-state index < -0.39 is 0 Å². The highest BCUT2D eigenvalue weighted by Gasteiger charge is 2.28. The van der Waals surface area contributed by atoms with Crippen LogP contribution in [0.2, 0.25) is 0 Å². The Balaban J connectivity index is 1.32. The fourth-order valence-electron chi connectivity index (χ4n) is 3.94. The van der Waals surface area contributed by atoms with Gasteiger partial charge < -0.3 is 19.7 Å². The molecular formula is C23H27N5O4S. The van der Waals surface area contributed by atoms with Crippen LogP contribution in [0.3, 0.4) is 0 Å². The third kappa shape index (κ3) is 5.58. The number of pyridine rings is 1. The number of urea groups is 1. The maximum absolute atomic E-state index is 12.5. The summed E-state index contributed by atoms with van der Waals surface area (Å²) < 4.78 is 11.4. The van der Waals surface area contributed by atoms with Gasteiger partial charge in [-0.3, -0.25) is 15.1 Å². The van der Waals surface area contributed by atoms with E-state index in [9.17, 15) is 9.59 Å². The molecule has 0 spiro atoms. The molecule has 2 N–H and O–H groups in total. The number of likely N-dealkylation sites (tertiary alicyclic amines) is 1. The number of ether oxygens (including phenoxy) is 2. The summed E-state index contributed by atoms with van der Waals surface area (Å²) in [7, 11) is 3.25. The minimum atomic E-state index is -0.381. The van der Waals surface area contributed by atoms with Crippen molar-refractivity contribution in [3.8, 4) is 16.9 Å². The SMILES string of the molecule is COCC1CCCN1C(=O)CCNC(=O)Nc1nc2ccc(-c3cncc(OC)c3)cc2s1. The summed E-state index contributed by atoms with van der Waals surface area (Å²) in [5.74, 6) is 0.725. The van der Waals surface area contributed by atoms with Gasteiger partial charge in [-0.05, 0) is 36.6 Å². The molecule has 9 nitrogen and oxygen atoms in total. The summed E-state index contributed by atoms with van der Waals surface area (Å²) in [5.41, 5.74) is 2.72. The van der Waals surface area contributed by atoms with Gasteiger partial charge in [-0.2, -0.15) is 0 Å². The number of nitrogens with zero attached hydrogens (tertiary/aromatic N) is 3. The third-order valence-corrected chi connectivity index (χ3v) is 6.51. The predicted octanol–water partition coefficient (Wildman–Crippen LogP) is 3.52. The first kappa shape index (κ1) is 22.9.